The number of carbonyl (C=O) groups excluding carboxylic acids is 2. The van der Waals surface area contributed by atoms with Gasteiger partial charge >= 0.3 is 5.97 Å². The van der Waals surface area contributed by atoms with Crippen LogP contribution in [0.3, 0.4) is 0 Å². The summed E-state index contributed by atoms with van der Waals surface area (Å²) in [4.78, 5) is 41.1. The van der Waals surface area contributed by atoms with Gasteiger partial charge in [-0.3, -0.25) is 14.7 Å². The van der Waals surface area contributed by atoms with Gasteiger partial charge in [-0.1, -0.05) is 43.6 Å². The first-order chi connectivity index (χ1) is 14.8. The van der Waals surface area contributed by atoms with E-state index in [-0.39, 0.29) is 30.0 Å². The second-order valence-corrected chi connectivity index (χ2v) is 8.95. The third kappa shape index (κ3) is 5.23. The molecule has 31 heavy (non-hydrogen) atoms. The number of ether oxygens (including phenoxy) is 1. The van der Waals surface area contributed by atoms with Gasteiger partial charge in [0.25, 0.3) is 0 Å². The molecule has 1 aromatic carbocycles. The normalized spacial score (nSPS) is 22.7. The molecule has 0 amide bonds. The van der Waals surface area contributed by atoms with Crippen molar-refractivity contribution >= 4 is 29.1 Å². The van der Waals surface area contributed by atoms with Gasteiger partial charge in [-0.15, -0.1) is 0 Å². The Kier molecular flexibility index (Phi) is 7.64. The number of aliphatic imine (C=N–C) groups is 1. The van der Waals surface area contributed by atoms with Gasteiger partial charge in [0, 0.05) is 29.6 Å². The summed E-state index contributed by atoms with van der Waals surface area (Å²) >= 11 is 6.54. The summed E-state index contributed by atoms with van der Waals surface area (Å²) in [5.74, 6) is -1.88. The smallest absolute Gasteiger partial charge is 0.371 e. The monoisotopic (exact) mass is 448 g/mol. The Hall–Kier alpha value is -2.06. The van der Waals surface area contributed by atoms with Crippen LogP contribution in [0.1, 0.15) is 45.1 Å². The zero-order chi connectivity index (χ0) is 22.6. The Morgan fingerprint density at radius 3 is 2.68 bits per heavy atom. The average molecular weight is 449 g/mol. The Balaban J connectivity index is 2.18. The standard InChI is InChI=1S/C23H29ClN2O5/c1-4-30-31-22(28)21-17(13-29-10-9-25)26-16-11-23(2,3)12-18(27)20(16)19(21)14-7-5-6-8-15(14)24/h5-8,19-20H,4,9-13,25H2,1-3H3. The van der Waals surface area contributed by atoms with Crippen LogP contribution in [0.25, 0.3) is 0 Å². The topological polar surface area (TPSA) is 100 Å². The summed E-state index contributed by atoms with van der Waals surface area (Å²) in [6.45, 7) is 6.71. The molecule has 7 nitrogen and oxygen atoms in total. The summed E-state index contributed by atoms with van der Waals surface area (Å²) in [7, 11) is 0. The highest BCUT2D eigenvalue weighted by Crippen LogP contribution is 2.48. The van der Waals surface area contributed by atoms with Gasteiger partial charge in [0.15, 0.2) is 0 Å². The van der Waals surface area contributed by atoms with Crippen molar-refractivity contribution in [2.24, 2.45) is 22.1 Å². The summed E-state index contributed by atoms with van der Waals surface area (Å²) in [6.07, 6.45) is 1.03. The highest BCUT2D eigenvalue weighted by molar-refractivity contribution is 6.31. The van der Waals surface area contributed by atoms with Crippen LogP contribution >= 0.6 is 11.6 Å². The first-order valence-electron chi connectivity index (χ1n) is 10.5. The average Bonchev–Trinajstić information content (AvgIpc) is 2.70. The molecular weight excluding hydrogens is 420 g/mol. The Morgan fingerprint density at radius 2 is 2.00 bits per heavy atom. The van der Waals surface area contributed by atoms with E-state index in [0.29, 0.717) is 42.3 Å². The maximum absolute atomic E-state index is 13.3. The molecule has 0 aromatic heterocycles. The summed E-state index contributed by atoms with van der Waals surface area (Å²) in [5.41, 5.74) is 7.40. The zero-order valence-electron chi connectivity index (χ0n) is 18.2. The van der Waals surface area contributed by atoms with Gasteiger partial charge in [-0.2, -0.15) is 4.89 Å². The molecule has 1 saturated carbocycles. The molecule has 2 aliphatic rings. The number of ketones is 1. The molecule has 1 heterocycles. The molecule has 1 aromatic rings. The number of carbonyl (C=O) groups is 2. The molecule has 0 spiro atoms. The molecular formula is C23H29ClN2O5. The van der Waals surface area contributed by atoms with Crippen LogP contribution in [-0.2, 0) is 24.1 Å². The molecule has 2 atom stereocenters. The first kappa shape index (κ1) is 23.6. The van der Waals surface area contributed by atoms with E-state index in [1.807, 2.05) is 32.0 Å². The second-order valence-electron chi connectivity index (χ2n) is 8.54. The largest absolute Gasteiger partial charge is 0.374 e. The van der Waals surface area contributed by atoms with E-state index in [2.05, 4.69) is 0 Å². The summed E-state index contributed by atoms with van der Waals surface area (Å²) in [6, 6.07) is 7.22. The van der Waals surface area contributed by atoms with Crippen molar-refractivity contribution in [1.82, 2.24) is 0 Å². The molecule has 8 heteroatoms. The van der Waals surface area contributed by atoms with Crippen molar-refractivity contribution in [2.45, 2.75) is 39.5 Å². The minimum atomic E-state index is -0.696. The maximum Gasteiger partial charge on any atom is 0.371 e. The number of nitrogens with zero attached hydrogens (tertiary/aromatic N) is 1. The number of halogens is 1. The Morgan fingerprint density at radius 1 is 1.26 bits per heavy atom. The quantitative estimate of drug-likeness (QED) is 0.370. The fourth-order valence-corrected chi connectivity index (χ4v) is 4.58. The van der Waals surface area contributed by atoms with Gasteiger partial charge in [0.2, 0.25) is 0 Å². The summed E-state index contributed by atoms with van der Waals surface area (Å²) < 4.78 is 5.62. The number of hydrogen-bond donors (Lipinski definition) is 1. The van der Waals surface area contributed by atoms with Crippen LogP contribution < -0.4 is 5.73 Å². The van der Waals surface area contributed by atoms with E-state index in [0.717, 1.165) is 5.71 Å². The van der Waals surface area contributed by atoms with Crippen molar-refractivity contribution in [1.29, 1.82) is 0 Å². The van der Waals surface area contributed by atoms with E-state index in [1.54, 1.807) is 13.0 Å². The highest BCUT2D eigenvalue weighted by atomic mass is 35.5. The van der Waals surface area contributed by atoms with Crippen LogP contribution in [0.2, 0.25) is 5.02 Å². The lowest BCUT2D eigenvalue weighted by atomic mass is 9.63. The van der Waals surface area contributed by atoms with Gasteiger partial charge in [-0.05, 0) is 30.4 Å². The first-order valence-corrected chi connectivity index (χ1v) is 10.9. The number of rotatable bonds is 8. The van der Waals surface area contributed by atoms with Crippen LogP contribution in [0, 0.1) is 11.3 Å². The van der Waals surface area contributed by atoms with Crippen LogP contribution in [0.15, 0.2) is 40.5 Å². The van der Waals surface area contributed by atoms with Crippen LogP contribution in [0.4, 0.5) is 0 Å². The minimum Gasteiger partial charge on any atom is -0.374 e. The zero-order valence-corrected chi connectivity index (χ0v) is 18.9. The number of fused-ring (bicyclic) bond motifs is 1. The predicted molar refractivity (Wildman–Crippen MR) is 118 cm³/mol. The van der Waals surface area contributed by atoms with E-state index >= 15 is 0 Å². The van der Waals surface area contributed by atoms with Gasteiger partial charge in [0.1, 0.15) is 5.78 Å². The van der Waals surface area contributed by atoms with E-state index in [4.69, 9.17) is 36.8 Å². The lowest BCUT2D eigenvalue weighted by molar-refractivity contribution is -0.266. The molecule has 3 rings (SSSR count). The second kappa shape index (κ2) is 10.0. The van der Waals surface area contributed by atoms with Crippen molar-refractivity contribution in [2.75, 3.05) is 26.4 Å². The number of nitrogens with two attached hydrogens (primary N) is 1. The highest BCUT2D eigenvalue weighted by Gasteiger charge is 2.48. The van der Waals surface area contributed by atoms with E-state index in [9.17, 15) is 9.59 Å². The van der Waals surface area contributed by atoms with Crippen molar-refractivity contribution in [3.05, 3.63) is 46.1 Å². The fraction of sp³-hybridized carbons (Fsp3) is 0.522. The number of Topliss-reactive ketones (excluding diaryl/α,β-unsaturated/α-hetero) is 1. The maximum atomic E-state index is 13.3. The Bertz CT molecular complexity index is 909. The molecule has 1 fully saturated rings. The Labute approximate surface area is 187 Å². The molecule has 1 aliphatic carbocycles. The molecule has 0 radical (unpaired) electrons. The molecule has 1 aliphatic heterocycles. The van der Waals surface area contributed by atoms with Gasteiger partial charge in [-0.25, -0.2) is 4.79 Å². The number of benzene rings is 1. The molecule has 2 unspecified atom stereocenters. The van der Waals surface area contributed by atoms with Crippen molar-refractivity contribution < 1.29 is 24.1 Å². The third-order valence-electron chi connectivity index (χ3n) is 5.47. The molecule has 168 valence electrons. The minimum absolute atomic E-state index is 0.0311. The lowest BCUT2D eigenvalue weighted by Gasteiger charge is -2.41. The predicted octanol–water partition coefficient (Wildman–Crippen LogP) is 3.61. The lowest BCUT2D eigenvalue weighted by Crippen LogP contribution is -2.44. The van der Waals surface area contributed by atoms with E-state index < -0.39 is 17.8 Å². The van der Waals surface area contributed by atoms with Gasteiger partial charge < -0.3 is 10.5 Å². The van der Waals surface area contributed by atoms with Crippen LogP contribution in [0.5, 0.6) is 0 Å². The summed E-state index contributed by atoms with van der Waals surface area (Å²) in [5, 5.41) is 0.468. The number of hydrogen-bond acceptors (Lipinski definition) is 7. The van der Waals surface area contributed by atoms with E-state index in [1.165, 1.54) is 0 Å². The van der Waals surface area contributed by atoms with Crippen molar-refractivity contribution in [3.8, 4) is 0 Å². The van der Waals surface area contributed by atoms with Crippen LogP contribution in [-0.4, -0.2) is 43.8 Å². The molecule has 2 N–H and O–H groups in total. The molecule has 0 bridgehead atoms. The fourth-order valence-electron chi connectivity index (χ4n) is 4.32. The molecule has 0 saturated heterocycles. The van der Waals surface area contributed by atoms with Crippen molar-refractivity contribution in [3.63, 3.8) is 0 Å². The SMILES string of the molecule is CCOOC(=O)C1=C(COCCN)N=C2CC(C)(C)CC(=O)C2C1c1ccccc1Cl. The third-order valence-corrected chi connectivity index (χ3v) is 5.81. The van der Waals surface area contributed by atoms with Gasteiger partial charge in [0.05, 0.1) is 37.0 Å².